The van der Waals surface area contributed by atoms with E-state index >= 15 is 0 Å². The lowest BCUT2D eigenvalue weighted by Crippen LogP contribution is -2.27. The number of halogens is 1. The van der Waals surface area contributed by atoms with Gasteiger partial charge in [-0.25, -0.2) is 0 Å². The van der Waals surface area contributed by atoms with E-state index in [0.717, 1.165) is 28.2 Å². The van der Waals surface area contributed by atoms with E-state index in [1.54, 1.807) is 0 Å². The standard InChI is InChI=1S/C18H22ClN3/c1-12(2)22(18-8-6-5-7-16(18)19)21-14(4)15-11-13(3)9-10-17(15)20/h5-12H,20H2,1-4H3/b21-14+. The molecule has 0 aliphatic rings. The van der Waals surface area contributed by atoms with E-state index in [9.17, 15) is 0 Å². The zero-order chi connectivity index (χ0) is 16.3. The van der Waals surface area contributed by atoms with Gasteiger partial charge in [0.1, 0.15) is 0 Å². The third-order valence-corrected chi connectivity index (χ3v) is 3.76. The highest BCUT2D eigenvalue weighted by Crippen LogP contribution is 2.28. The minimum Gasteiger partial charge on any atom is -0.398 e. The average molecular weight is 316 g/mol. The summed E-state index contributed by atoms with van der Waals surface area (Å²) >= 11 is 6.31. The Morgan fingerprint density at radius 3 is 2.50 bits per heavy atom. The van der Waals surface area contributed by atoms with Crippen molar-refractivity contribution < 1.29 is 0 Å². The van der Waals surface area contributed by atoms with Crippen LogP contribution < -0.4 is 10.7 Å². The predicted octanol–water partition coefficient (Wildman–Crippen LogP) is 4.87. The third-order valence-electron chi connectivity index (χ3n) is 3.44. The van der Waals surface area contributed by atoms with Gasteiger partial charge in [0.2, 0.25) is 0 Å². The topological polar surface area (TPSA) is 41.6 Å². The lowest BCUT2D eigenvalue weighted by atomic mass is 10.1. The van der Waals surface area contributed by atoms with E-state index < -0.39 is 0 Å². The monoisotopic (exact) mass is 315 g/mol. The van der Waals surface area contributed by atoms with Gasteiger partial charge < -0.3 is 5.73 Å². The largest absolute Gasteiger partial charge is 0.398 e. The molecule has 2 N–H and O–H groups in total. The molecule has 0 unspecified atom stereocenters. The number of hydrogen-bond acceptors (Lipinski definition) is 3. The summed E-state index contributed by atoms with van der Waals surface area (Å²) in [7, 11) is 0. The molecule has 0 fully saturated rings. The third kappa shape index (κ3) is 3.60. The molecule has 0 heterocycles. The summed E-state index contributed by atoms with van der Waals surface area (Å²) in [6.07, 6.45) is 0. The summed E-state index contributed by atoms with van der Waals surface area (Å²) in [6, 6.07) is 13.9. The quantitative estimate of drug-likeness (QED) is 0.497. The van der Waals surface area contributed by atoms with Crippen LogP contribution in [-0.2, 0) is 0 Å². The number of aryl methyl sites for hydroxylation is 1. The first-order chi connectivity index (χ1) is 10.4. The van der Waals surface area contributed by atoms with Gasteiger partial charge in [-0.3, -0.25) is 5.01 Å². The predicted molar refractivity (Wildman–Crippen MR) is 96.9 cm³/mol. The minimum atomic E-state index is 0.181. The Balaban J connectivity index is 2.46. The zero-order valence-electron chi connectivity index (χ0n) is 13.5. The van der Waals surface area contributed by atoms with E-state index in [1.165, 1.54) is 0 Å². The zero-order valence-corrected chi connectivity index (χ0v) is 14.2. The van der Waals surface area contributed by atoms with E-state index in [2.05, 4.69) is 19.9 Å². The smallest absolute Gasteiger partial charge is 0.0783 e. The van der Waals surface area contributed by atoms with Crippen molar-refractivity contribution in [2.45, 2.75) is 33.7 Å². The van der Waals surface area contributed by atoms with Crippen molar-refractivity contribution >= 4 is 28.7 Å². The summed E-state index contributed by atoms with van der Waals surface area (Å²) in [4.78, 5) is 0. The van der Waals surface area contributed by atoms with Crippen LogP contribution in [0.15, 0.2) is 47.6 Å². The summed E-state index contributed by atoms with van der Waals surface area (Å²) in [6.45, 7) is 8.18. The molecule has 0 aliphatic heterocycles. The van der Waals surface area contributed by atoms with E-state index in [0.29, 0.717) is 5.02 Å². The van der Waals surface area contributed by atoms with Gasteiger partial charge >= 0.3 is 0 Å². The van der Waals surface area contributed by atoms with Gasteiger partial charge in [-0.05, 0) is 52.0 Å². The summed E-state index contributed by atoms with van der Waals surface area (Å²) in [5.74, 6) is 0. The van der Waals surface area contributed by atoms with Gasteiger partial charge in [0, 0.05) is 17.3 Å². The Morgan fingerprint density at radius 1 is 1.18 bits per heavy atom. The van der Waals surface area contributed by atoms with Crippen LogP contribution in [-0.4, -0.2) is 11.8 Å². The number of rotatable bonds is 4. The molecule has 0 atom stereocenters. The molecule has 0 aromatic heterocycles. The Hall–Kier alpha value is -2.00. The van der Waals surface area contributed by atoms with Crippen LogP contribution >= 0.6 is 11.6 Å². The number of hydrazone groups is 1. The van der Waals surface area contributed by atoms with Crippen LogP contribution in [0.2, 0.25) is 5.02 Å². The van der Waals surface area contributed by atoms with Gasteiger partial charge in [-0.2, -0.15) is 5.10 Å². The molecule has 0 saturated carbocycles. The highest BCUT2D eigenvalue weighted by atomic mass is 35.5. The maximum Gasteiger partial charge on any atom is 0.0783 e. The number of nitrogen functional groups attached to an aromatic ring is 1. The normalized spacial score (nSPS) is 11.8. The first-order valence-corrected chi connectivity index (χ1v) is 7.73. The van der Waals surface area contributed by atoms with Crippen molar-refractivity contribution in [2.75, 3.05) is 10.7 Å². The summed E-state index contributed by atoms with van der Waals surface area (Å²) < 4.78 is 0. The molecule has 22 heavy (non-hydrogen) atoms. The lowest BCUT2D eigenvalue weighted by Gasteiger charge is -2.25. The number of benzene rings is 2. The number of nitrogens with two attached hydrogens (primary N) is 1. The second kappa shape index (κ2) is 6.84. The van der Waals surface area contributed by atoms with Crippen LogP contribution in [0.1, 0.15) is 31.9 Å². The van der Waals surface area contributed by atoms with Crippen LogP contribution in [0.25, 0.3) is 0 Å². The van der Waals surface area contributed by atoms with E-state index in [4.69, 9.17) is 22.4 Å². The molecule has 0 aliphatic carbocycles. The highest BCUT2D eigenvalue weighted by Gasteiger charge is 2.14. The SMILES string of the molecule is C/C(=N\N(c1ccccc1Cl)C(C)C)c1cc(C)ccc1N. The van der Waals surface area contributed by atoms with Crippen molar-refractivity contribution in [1.82, 2.24) is 0 Å². The van der Waals surface area contributed by atoms with Crippen LogP contribution in [0, 0.1) is 6.92 Å². The highest BCUT2D eigenvalue weighted by molar-refractivity contribution is 6.33. The first-order valence-electron chi connectivity index (χ1n) is 7.35. The second-order valence-electron chi connectivity index (χ2n) is 5.67. The minimum absolute atomic E-state index is 0.181. The van der Waals surface area contributed by atoms with E-state index in [1.807, 2.05) is 55.3 Å². The molecule has 0 spiro atoms. The fourth-order valence-electron chi connectivity index (χ4n) is 2.28. The summed E-state index contributed by atoms with van der Waals surface area (Å²) in [5.41, 5.74) is 10.7. The lowest BCUT2D eigenvalue weighted by molar-refractivity contribution is 0.713. The fraction of sp³-hybridized carbons (Fsp3) is 0.278. The van der Waals surface area contributed by atoms with Gasteiger partial charge in [-0.15, -0.1) is 0 Å². The van der Waals surface area contributed by atoms with Gasteiger partial charge in [0.15, 0.2) is 0 Å². The molecule has 0 saturated heterocycles. The molecule has 2 rings (SSSR count). The number of para-hydroxylation sites is 1. The Labute approximate surface area is 137 Å². The molecular formula is C18H22ClN3. The molecule has 116 valence electrons. The fourth-order valence-corrected chi connectivity index (χ4v) is 2.51. The van der Waals surface area contributed by atoms with E-state index in [-0.39, 0.29) is 6.04 Å². The van der Waals surface area contributed by atoms with Crippen molar-refractivity contribution in [3.05, 3.63) is 58.6 Å². The summed E-state index contributed by atoms with van der Waals surface area (Å²) in [5, 5.41) is 7.38. The van der Waals surface area contributed by atoms with Gasteiger partial charge in [-0.1, -0.05) is 35.4 Å². The Kier molecular flexibility index (Phi) is 5.09. The number of anilines is 2. The van der Waals surface area contributed by atoms with Gasteiger partial charge in [0.05, 0.1) is 16.4 Å². The van der Waals surface area contributed by atoms with Crippen molar-refractivity contribution in [3.8, 4) is 0 Å². The van der Waals surface area contributed by atoms with Crippen molar-refractivity contribution in [2.24, 2.45) is 5.10 Å². The maximum absolute atomic E-state index is 6.31. The Morgan fingerprint density at radius 2 is 1.86 bits per heavy atom. The van der Waals surface area contributed by atoms with Crippen LogP contribution in [0.4, 0.5) is 11.4 Å². The van der Waals surface area contributed by atoms with Crippen molar-refractivity contribution in [3.63, 3.8) is 0 Å². The molecule has 2 aromatic rings. The molecule has 0 amide bonds. The second-order valence-corrected chi connectivity index (χ2v) is 6.07. The molecule has 0 radical (unpaired) electrons. The average Bonchev–Trinajstić information content (AvgIpc) is 2.47. The first kappa shape index (κ1) is 16.4. The number of nitrogens with zero attached hydrogens (tertiary/aromatic N) is 2. The molecule has 4 heteroatoms. The van der Waals surface area contributed by atoms with Crippen LogP contribution in [0.3, 0.4) is 0 Å². The molecule has 3 nitrogen and oxygen atoms in total. The Bertz CT molecular complexity index is 692. The van der Waals surface area contributed by atoms with Gasteiger partial charge in [0.25, 0.3) is 0 Å². The molecular weight excluding hydrogens is 294 g/mol. The van der Waals surface area contributed by atoms with Crippen LogP contribution in [0.5, 0.6) is 0 Å². The maximum atomic E-state index is 6.31. The number of hydrogen-bond donors (Lipinski definition) is 1. The molecule has 2 aromatic carbocycles. The van der Waals surface area contributed by atoms with Crippen molar-refractivity contribution in [1.29, 1.82) is 0 Å². The molecule has 0 bridgehead atoms.